The number of sulfonamides is 1. The van der Waals surface area contributed by atoms with Crippen LogP contribution >= 0.6 is 0 Å². The van der Waals surface area contributed by atoms with Gasteiger partial charge in [-0.2, -0.15) is 4.31 Å². The van der Waals surface area contributed by atoms with E-state index < -0.39 is 15.9 Å². The van der Waals surface area contributed by atoms with E-state index in [0.29, 0.717) is 11.1 Å². The summed E-state index contributed by atoms with van der Waals surface area (Å²) in [6.07, 6.45) is 0. The maximum atomic E-state index is 14.5. The van der Waals surface area contributed by atoms with E-state index in [1.54, 1.807) is 55.6 Å². The first-order valence-electron chi connectivity index (χ1n) is 10.6. The van der Waals surface area contributed by atoms with E-state index in [1.165, 1.54) is 10.4 Å². The maximum Gasteiger partial charge on any atom is 0.242 e. The third-order valence-electron chi connectivity index (χ3n) is 5.96. The molecule has 0 aliphatic rings. The average molecular weight is 460 g/mol. The Bertz CT molecular complexity index is 1510. The van der Waals surface area contributed by atoms with Gasteiger partial charge >= 0.3 is 0 Å². The van der Waals surface area contributed by atoms with Crippen LogP contribution < -0.4 is 0 Å². The minimum Gasteiger partial charge on any atom is -0.460 e. The van der Waals surface area contributed by atoms with Crippen molar-refractivity contribution in [3.05, 3.63) is 114 Å². The molecule has 166 valence electrons. The molecule has 0 amide bonds. The minimum absolute atomic E-state index is 0.132. The highest BCUT2D eigenvalue weighted by Gasteiger charge is 2.28. The summed E-state index contributed by atoms with van der Waals surface area (Å²) in [4.78, 5) is 0.222. The number of para-hydroxylation sites is 1. The van der Waals surface area contributed by atoms with Crippen LogP contribution in [0.25, 0.3) is 21.7 Å². The van der Waals surface area contributed by atoms with E-state index in [9.17, 15) is 12.8 Å². The molecule has 1 aromatic heterocycles. The Morgan fingerprint density at radius 2 is 1.52 bits per heavy atom. The summed E-state index contributed by atoms with van der Waals surface area (Å²) in [6.45, 7) is 0.132. The Morgan fingerprint density at radius 3 is 2.27 bits per heavy atom. The fraction of sp³-hybridized carbons (Fsp3) is 0.111. The summed E-state index contributed by atoms with van der Waals surface area (Å²) in [6, 6.07) is 28.3. The second-order valence-electron chi connectivity index (χ2n) is 8.02. The van der Waals surface area contributed by atoms with Gasteiger partial charge in [0.05, 0.1) is 10.8 Å². The van der Waals surface area contributed by atoms with Gasteiger partial charge in [0.15, 0.2) is 0 Å². The van der Waals surface area contributed by atoms with Crippen LogP contribution in [0.5, 0.6) is 0 Å². The van der Waals surface area contributed by atoms with Crippen LogP contribution in [0.2, 0.25) is 0 Å². The van der Waals surface area contributed by atoms with Crippen molar-refractivity contribution in [1.82, 2.24) is 4.31 Å². The lowest BCUT2D eigenvalue weighted by molar-refractivity contribution is 0.424. The molecule has 4 aromatic carbocycles. The molecule has 0 N–H and O–H groups in total. The number of benzene rings is 4. The molecule has 0 saturated carbocycles. The fourth-order valence-electron chi connectivity index (χ4n) is 4.23. The number of likely N-dealkylation sites (N-methyl/N-ethyl adjacent to an activating group) is 1. The average Bonchev–Trinajstić information content (AvgIpc) is 3.28. The number of furan rings is 1. The molecular weight excluding hydrogens is 437 g/mol. The molecule has 0 unspecified atom stereocenters. The predicted molar refractivity (Wildman–Crippen MR) is 128 cm³/mol. The van der Waals surface area contributed by atoms with Crippen molar-refractivity contribution in [2.24, 2.45) is 0 Å². The Morgan fingerprint density at radius 1 is 0.848 bits per heavy atom. The second kappa shape index (κ2) is 8.46. The number of nitrogens with zero attached hydrogens (tertiary/aromatic N) is 1. The van der Waals surface area contributed by atoms with Crippen LogP contribution in [-0.4, -0.2) is 26.3 Å². The van der Waals surface area contributed by atoms with E-state index in [-0.39, 0.29) is 17.3 Å². The third kappa shape index (κ3) is 3.92. The quantitative estimate of drug-likeness (QED) is 0.305. The predicted octanol–water partition coefficient (Wildman–Crippen LogP) is 6.18. The number of fused-ring (bicyclic) bond motifs is 2. The summed E-state index contributed by atoms with van der Waals surface area (Å²) in [5.74, 6) is -0.127. The van der Waals surface area contributed by atoms with Crippen LogP contribution in [0.4, 0.5) is 4.39 Å². The molecule has 0 saturated heterocycles. The summed E-state index contributed by atoms with van der Waals surface area (Å²) in [7, 11) is -2.16. The van der Waals surface area contributed by atoms with Crippen molar-refractivity contribution in [2.45, 2.75) is 10.8 Å². The fourth-order valence-corrected chi connectivity index (χ4v) is 5.44. The van der Waals surface area contributed by atoms with Gasteiger partial charge in [0.1, 0.15) is 17.2 Å². The molecule has 0 radical (unpaired) electrons. The molecule has 1 atom stereocenters. The lowest BCUT2D eigenvalue weighted by atomic mass is 9.91. The standard InChI is InChI=1S/C27H22FNO3S/c1-29(33(30,31)20-10-3-2-4-11-20)18-24(27-17-19-9-5-8-14-26(19)32-27)22-15-16-25(28)23-13-7-6-12-21(22)23/h2-17,24H,18H2,1H3/t24-/m1/s1. The molecule has 0 aliphatic heterocycles. The van der Waals surface area contributed by atoms with Gasteiger partial charge in [0.25, 0.3) is 0 Å². The zero-order chi connectivity index (χ0) is 23.0. The highest BCUT2D eigenvalue weighted by molar-refractivity contribution is 7.89. The van der Waals surface area contributed by atoms with Gasteiger partial charge in [-0.15, -0.1) is 0 Å². The van der Waals surface area contributed by atoms with E-state index in [1.807, 2.05) is 42.5 Å². The van der Waals surface area contributed by atoms with Crippen LogP contribution in [0.1, 0.15) is 17.2 Å². The van der Waals surface area contributed by atoms with Crippen LogP contribution in [0, 0.1) is 5.82 Å². The van der Waals surface area contributed by atoms with Crippen LogP contribution in [0.15, 0.2) is 106 Å². The second-order valence-corrected chi connectivity index (χ2v) is 10.1. The van der Waals surface area contributed by atoms with Gasteiger partial charge in [-0.3, -0.25) is 0 Å². The molecule has 6 heteroatoms. The van der Waals surface area contributed by atoms with Crippen molar-refractivity contribution >= 4 is 31.8 Å². The Balaban J connectivity index is 1.65. The van der Waals surface area contributed by atoms with Crippen molar-refractivity contribution < 1.29 is 17.2 Å². The molecule has 0 spiro atoms. The van der Waals surface area contributed by atoms with E-state index >= 15 is 0 Å². The lowest BCUT2D eigenvalue weighted by Gasteiger charge is -2.24. The summed E-state index contributed by atoms with van der Waals surface area (Å²) in [5.41, 5.74) is 1.53. The van der Waals surface area contributed by atoms with Gasteiger partial charge in [-0.25, -0.2) is 12.8 Å². The summed E-state index contributed by atoms with van der Waals surface area (Å²) < 4.78 is 48.6. The summed E-state index contributed by atoms with van der Waals surface area (Å²) in [5, 5.41) is 2.15. The Labute approximate surface area is 191 Å². The van der Waals surface area contributed by atoms with Gasteiger partial charge < -0.3 is 4.42 Å². The molecule has 33 heavy (non-hydrogen) atoms. The number of rotatable bonds is 6. The first-order chi connectivity index (χ1) is 15.9. The van der Waals surface area contributed by atoms with Crippen LogP contribution in [-0.2, 0) is 10.0 Å². The third-order valence-corrected chi connectivity index (χ3v) is 7.80. The summed E-state index contributed by atoms with van der Waals surface area (Å²) >= 11 is 0. The zero-order valence-electron chi connectivity index (χ0n) is 18.0. The molecular formula is C27H22FNO3S. The molecule has 1 heterocycles. The normalized spacial score (nSPS) is 13.1. The monoisotopic (exact) mass is 459 g/mol. The molecule has 4 nitrogen and oxygen atoms in total. The van der Waals surface area contributed by atoms with Crippen molar-refractivity contribution in [1.29, 1.82) is 0 Å². The van der Waals surface area contributed by atoms with E-state index in [2.05, 4.69) is 0 Å². The molecule has 0 fully saturated rings. The highest BCUT2D eigenvalue weighted by Crippen LogP contribution is 2.36. The Hall–Kier alpha value is -3.48. The first kappa shape index (κ1) is 21.4. The smallest absolute Gasteiger partial charge is 0.242 e. The number of hydrogen-bond acceptors (Lipinski definition) is 3. The topological polar surface area (TPSA) is 50.5 Å². The lowest BCUT2D eigenvalue weighted by Crippen LogP contribution is -2.31. The Kier molecular flexibility index (Phi) is 5.48. The van der Waals surface area contributed by atoms with Gasteiger partial charge in [0, 0.05) is 24.4 Å². The zero-order valence-corrected chi connectivity index (χ0v) is 18.8. The molecule has 5 rings (SSSR count). The van der Waals surface area contributed by atoms with Gasteiger partial charge in [-0.1, -0.05) is 66.7 Å². The van der Waals surface area contributed by atoms with E-state index in [0.717, 1.165) is 21.9 Å². The molecule has 0 bridgehead atoms. The van der Waals surface area contributed by atoms with E-state index in [4.69, 9.17) is 4.42 Å². The minimum atomic E-state index is -3.72. The van der Waals surface area contributed by atoms with Crippen molar-refractivity contribution in [3.63, 3.8) is 0 Å². The van der Waals surface area contributed by atoms with Gasteiger partial charge in [-0.05, 0) is 41.3 Å². The number of hydrogen-bond donors (Lipinski definition) is 0. The largest absolute Gasteiger partial charge is 0.460 e. The van der Waals surface area contributed by atoms with Crippen molar-refractivity contribution in [3.8, 4) is 0 Å². The SMILES string of the molecule is CN(C[C@@H](c1cc2ccccc2o1)c1ccc(F)c2ccccc12)S(=O)(=O)c1ccccc1. The van der Waals surface area contributed by atoms with Gasteiger partial charge in [0.2, 0.25) is 10.0 Å². The number of halogens is 1. The molecule has 5 aromatic rings. The maximum absolute atomic E-state index is 14.5. The highest BCUT2D eigenvalue weighted by atomic mass is 32.2. The molecule has 0 aliphatic carbocycles. The van der Waals surface area contributed by atoms with Crippen molar-refractivity contribution in [2.75, 3.05) is 13.6 Å². The first-order valence-corrected chi connectivity index (χ1v) is 12.1. The van der Waals surface area contributed by atoms with Crippen LogP contribution in [0.3, 0.4) is 0 Å².